The van der Waals surface area contributed by atoms with Gasteiger partial charge in [-0.3, -0.25) is 0 Å². The van der Waals surface area contributed by atoms with Crippen LogP contribution >= 0.6 is 0 Å². The van der Waals surface area contributed by atoms with Gasteiger partial charge < -0.3 is 14.9 Å². The van der Waals surface area contributed by atoms with Crippen molar-refractivity contribution in [1.82, 2.24) is 0 Å². The molecule has 100 valence electrons. The molecule has 4 nitrogen and oxygen atoms in total. The maximum Gasteiger partial charge on any atom is 0.343 e. The Bertz CT molecular complexity index is 516. The molecule has 0 amide bonds. The lowest BCUT2D eigenvalue weighted by atomic mass is 9.89. The van der Waals surface area contributed by atoms with Crippen LogP contribution in [-0.4, -0.2) is 27.9 Å². The maximum atomic E-state index is 11.9. The molecule has 1 aliphatic carbocycles. The smallest absolute Gasteiger partial charge is 0.343 e. The SMILES string of the molecule is CC(O)C1(O)C=CC=C(OC(=O)c2ccccc2)C1. The molecule has 19 heavy (non-hydrogen) atoms. The number of ether oxygens (including phenoxy) is 1. The molecule has 0 saturated carbocycles. The van der Waals surface area contributed by atoms with Gasteiger partial charge in [0.2, 0.25) is 0 Å². The van der Waals surface area contributed by atoms with E-state index in [2.05, 4.69) is 0 Å². The summed E-state index contributed by atoms with van der Waals surface area (Å²) in [6.45, 7) is 1.49. The molecule has 0 saturated heterocycles. The molecule has 2 atom stereocenters. The number of hydrogen-bond donors (Lipinski definition) is 2. The lowest BCUT2D eigenvalue weighted by Gasteiger charge is -2.30. The van der Waals surface area contributed by atoms with Gasteiger partial charge in [-0.05, 0) is 31.2 Å². The van der Waals surface area contributed by atoms with Gasteiger partial charge in [0.05, 0.1) is 11.7 Å². The van der Waals surface area contributed by atoms with Gasteiger partial charge in [-0.2, -0.15) is 0 Å². The summed E-state index contributed by atoms with van der Waals surface area (Å²) in [5.41, 5.74) is -0.945. The molecule has 0 aliphatic heterocycles. The highest BCUT2D eigenvalue weighted by molar-refractivity contribution is 5.90. The highest BCUT2D eigenvalue weighted by atomic mass is 16.5. The van der Waals surface area contributed by atoms with Crippen molar-refractivity contribution in [2.45, 2.75) is 25.0 Å². The number of benzene rings is 1. The molecule has 2 unspecified atom stereocenters. The Hall–Kier alpha value is -1.91. The third-order valence-corrected chi connectivity index (χ3v) is 3.08. The molecule has 0 radical (unpaired) electrons. The number of hydrogen-bond acceptors (Lipinski definition) is 4. The first-order chi connectivity index (χ1) is 9.01. The van der Waals surface area contributed by atoms with E-state index in [1.807, 2.05) is 6.07 Å². The largest absolute Gasteiger partial charge is 0.427 e. The Morgan fingerprint density at radius 1 is 1.37 bits per heavy atom. The van der Waals surface area contributed by atoms with Gasteiger partial charge in [-0.15, -0.1) is 0 Å². The van der Waals surface area contributed by atoms with E-state index in [4.69, 9.17) is 4.74 Å². The van der Waals surface area contributed by atoms with E-state index in [0.717, 1.165) is 0 Å². The fraction of sp³-hybridized carbons (Fsp3) is 0.267. The van der Waals surface area contributed by atoms with Crippen LogP contribution in [0.25, 0.3) is 0 Å². The van der Waals surface area contributed by atoms with Crippen molar-refractivity contribution in [3.63, 3.8) is 0 Å². The van der Waals surface area contributed by atoms with Crippen LogP contribution < -0.4 is 0 Å². The Labute approximate surface area is 111 Å². The normalized spacial score (nSPS) is 23.6. The van der Waals surface area contributed by atoms with Gasteiger partial charge in [0, 0.05) is 6.42 Å². The number of allylic oxidation sites excluding steroid dienone is 2. The minimum absolute atomic E-state index is 0.0692. The van der Waals surface area contributed by atoms with E-state index in [1.165, 1.54) is 13.0 Å². The van der Waals surface area contributed by atoms with E-state index in [1.54, 1.807) is 36.4 Å². The zero-order chi connectivity index (χ0) is 13.9. The molecule has 0 spiro atoms. The van der Waals surface area contributed by atoms with Gasteiger partial charge in [0.15, 0.2) is 0 Å². The van der Waals surface area contributed by atoms with Crippen LogP contribution in [0.4, 0.5) is 0 Å². The molecule has 2 rings (SSSR count). The molecule has 1 aromatic carbocycles. The highest BCUT2D eigenvalue weighted by Crippen LogP contribution is 2.27. The van der Waals surface area contributed by atoms with Crippen molar-refractivity contribution in [2.24, 2.45) is 0 Å². The molecular weight excluding hydrogens is 244 g/mol. The van der Waals surface area contributed by atoms with Crippen molar-refractivity contribution >= 4 is 5.97 Å². The average Bonchev–Trinajstić information content (AvgIpc) is 2.39. The van der Waals surface area contributed by atoms with Gasteiger partial charge in [-0.1, -0.05) is 24.3 Å². The van der Waals surface area contributed by atoms with E-state index in [-0.39, 0.29) is 6.42 Å². The summed E-state index contributed by atoms with van der Waals surface area (Å²) in [7, 11) is 0. The van der Waals surface area contributed by atoms with E-state index < -0.39 is 17.7 Å². The van der Waals surface area contributed by atoms with Crippen LogP contribution in [0.15, 0.2) is 54.3 Å². The van der Waals surface area contributed by atoms with Gasteiger partial charge in [0.1, 0.15) is 11.4 Å². The summed E-state index contributed by atoms with van der Waals surface area (Å²) in [6, 6.07) is 8.62. The Balaban J connectivity index is 2.07. The molecule has 4 heteroatoms. The number of aliphatic hydroxyl groups is 2. The summed E-state index contributed by atoms with van der Waals surface area (Å²) in [4.78, 5) is 11.9. The predicted molar refractivity (Wildman–Crippen MR) is 70.3 cm³/mol. The fourth-order valence-corrected chi connectivity index (χ4v) is 1.83. The molecule has 0 fully saturated rings. The third kappa shape index (κ3) is 3.10. The van der Waals surface area contributed by atoms with Crippen LogP contribution in [0.2, 0.25) is 0 Å². The van der Waals surface area contributed by atoms with E-state index in [9.17, 15) is 15.0 Å². The summed E-state index contributed by atoms with van der Waals surface area (Å²) < 4.78 is 5.22. The predicted octanol–water partition coefficient (Wildman–Crippen LogP) is 1.80. The van der Waals surface area contributed by atoms with Gasteiger partial charge >= 0.3 is 5.97 Å². The molecule has 0 aromatic heterocycles. The second kappa shape index (κ2) is 5.38. The first kappa shape index (κ1) is 13.5. The van der Waals surface area contributed by atoms with Crippen molar-refractivity contribution in [3.8, 4) is 0 Å². The molecule has 0 heterocycles. The molecule has 2 N–H and O–H groups in total. The van der Waals surface area contributed by atoms with Crippen molar-refractivity contribution in [1.29, 1.82) is 0 Å². The molecule has 1 aromatic rings. The number of carbonyl (C=O) groups is 1. The minimum atomic E-state index is -1.39. The van der Waals surface area contributed by atoms with Crippen molar-refractivity contribution in [2.75, 3.05) is 0 Å². The van der Waals surface area contributed by atoms with Gasteiger partial charge in [-0.25, -0.2) is 4.79 Å². The minimum Gasteiger partial charge on any atom is -0.427 e. The van der Waals surface area contributed by atoms with Crippen LogP contribution in [0, 0.1) is 0 Å². The van der Waals surface area contributed by atoms with Crippen LogP contribution in [0.5, 0.6) is 0 Å². The van der Waals surface area contributed by atoms with Crippen LogP contribution in [0.1, 0.15) is 23.7 Å². The fourth-order valence-electron chi connectivity index (χ4n) is 1.83. The zero-order valence-corrected chi connectivity index (χ0v) is 10.6. The highest BCUT2D eigenvalue weighted by Gasteiger charge is 2.33. The Kier molecular flexibility index (Phi) is 3.83. The van der Waals surface area contributed by atoms with E-state index >= 15 is 0 Å². The summed E-state index contributed by atoms with van der Waals surface area (Å²) in [5.74, 6) is -0.144. The number of carbonyl (C=O) groups excluding carboxylic acids is 1. The second-order valence-electron chi connectivity index (χ2n) is 4.59. The first-order valence-electron chi connectivity index (χ1n) is 6.07. The lowest BCUT2D eigenvalue weighted by molar-refractivity contribution is -0.0370. The van der Waals surface area contributed by atoms with Crippen molar-refractivity contribution < 1.29 is 19.7 Å². The summed E-state index contributed by atoms with van der Waals surface area (Å²) >= 11 is 0. The lowest BCUT2D eigenvalue weighted by Crippen LogP contribution is -2.40. The topological polar surface area (TPSA) is 66.8 Å². The molecule has 1 aliphatic rings. The maximum absolute atomic E-state index is 11.9. The van der Waals surface area contributed by atoms with Crippen molar-refractivity contribution in [3.05, 3.63) is 59.9 Å². The zero-order valence-electron chi connectivity index (χ0n) is 10.6. The third-order valence-electron chi connectivity index (χ3n) is 3.08. The summed E-state index contributed by atoms with van der Waals surface area (Å²) in [6.07, 6.45) is 3.81. The summed E-state index contributed by atoms with van der Waals surface area (Å²) in [5, 5.41) is 19.7. The first-order valence-corrected chi connectivity index (χ1v) is 6.07. The molecular formula is C15H16O4. The molecule has 0 bridgehead atoms. The second-order valence-corrected chi connectivity index (χ2v) is 4.59. The number of rotatable bonds is 3. The number of esters is 1. The van der Waals surface area contributed by atoms with Crippen LogP contribution in [0.3, 0.4) is 0 Å². The van der Waals surface area contributed by atoms with E-state index in [0.29, 0.717) is 11.3 Å². The number of aliphatic hydroxyl groups excluding tert-OH is 1. The van der Waals surface area contributed by atoms with Gasteiger partial charge in [0.25, 0.3) is 0 Å². The van der Waals surface area contributed by atoms with Crippen LogP contribution in [-0.2, 0) is 4.74 Å². The standard InChI is InChI=1S/C15H16O4/c1-11(16)15(18)9-5-8-13(10-15)19-14(17)12-6-3-2-4-7-12/h2-9,11,16,18H,10H2,1H3. The Morgan fingerprint density at radius 3 is 2.68 bits per heavy atom. The average molecular weight is 260 g/mol. The Morgan fingerprint density at radius 2 is 2.05 bits per heavy atom. The monoisotopic (exact) mass is 260 g/mol. The quantitative estimate of drug-likeness (QED) is 0.813.